The highest BCUT2D eigenvalue weighted by molar-refractivity contribution is 5.76. The van der Waals surface area contributed by atoms with Gasteiger partial charge in [0.15, 0.2) is 0 Å². The molecule has 1 saturated carbocycles. The van der Waals surface area contributed by atoms with Crippen molar-refractivity contribution in [2.24, 2.45) is 5.73 Å². The Balaban J connectivity index is 1.44. The molecule has 5 nitrogen and oxygen atoms in total. The van der Waals surface area contributed by atoms with E-state index >= 15 is 0 Å². The van der Waals surface area contributed by atoms with Crippen LogP contribution in [0.4, 0.5) is 0 Å². The summed E-state index contributed by atoms with van der Waals surface area (Å²) in [6.45, 7) is 2.22. The predicted molar refractivity (Wildman–Crippen MR) is 77.4 cm³/mol. The molecule has 0 spiro atoms. The maximum Gasteiger partial charge on any atom is 0.222 e. The molecule has 2 fully saturated rings. The maximum atomic E-state index is 11.7. The van der Waals surface area contributed by atoms with Gasteiger partial charge >= 0.3 is 0 Å². The van der Waals surface area contributed by atoms with Gasteiger partial charge in [0, 0.05) is 25.8 Å². The fourth-order valence-corrected chi connectivity index (χ4v) is 2.89. The van der Waals surface area contributed by atoms with E-state index in [1.54, 1.807) is 0 Å². The summed E-state index contributed by atoms with van der Waals surface area (Å²) in [7, 11) is 0. The summed E-state index contributed by atoms with van der Waals surface area (Å²) >= 11 is 0. The molecule has 1 aliphatic carbocycles. The minimum atomic E-state index is 0.0977. The van der Waals surface area contributed by atoms with Crippen molar-refractivity contribution in [1.82, 2.24) is 5.32 Å². The van der Waals surface area contributed by atoms with Crippen molar-refractivity contribution < 1.29 is 14.3 Å². The molecule has 20 heavy (non-hydrogen) atoms. The van der Waals surface area contributed by atoms with E-state index in [2.05, 4.69) is 5.32 Å². The molecular weight excluding hydrogens is 256 g/mol. The highest BCUT2D eigenvalue weighted by Gasteiger charge is 2.19. The van der Waals surface area contributed by atoms with Crippen LogP contribution in [0.3, 0.4) is 0 Å². The molecule has 116 valence electrons. The standard InChI is InChI=1S/C15H28N2O3/c16-12-4-6-13(7-5-12)19-10-2-8-17-15(18)11-14-3-1-9-20-14/h12-14H,1-11,16H2,(H,17,18). The second-order valence-corrected chi connectivity index (χ2v) is 5.95. The van der Waals surface area contributed by atoms with Gasteiger partial charge < -0.3 is 20.5 Å². The van der Waals surface area contributed by atoms with E-state index < -0.39 is 0 Å². The van der Waals surface area contributed by atoms with Gasteiger partial charge in [-0.25, -0.2) is 0 Å². The molecule has 1 saturated heterocycles. The smallest absolute Gasteiger partial charge is 0.222 e. The third-order valence-electron chi connectivity index (χ3n) is 4.15. The van der Waals surface area contributed by atoms with Gasteiger partial charge in [-0.1, -0.05) is 0 Å². The van der Waals surface area contributed by atoms with Crippen molar-refractivity contribution >= 4 is 5.91 Å². The number of amides is 1. The number of hydrogen-bond acceptors (Lipinski definition) is 4. The van der Waals surface area contributed by atoms with E-state index in [4.69, 9.17) is 15.2 Å². The SMILES string of the molecule is NC1CCC(OCCCNC(=O)CC2CCCO2)CC1. The van der Waals surface area contributed by atoms with E-state index in [0.29, 0.717) is 25.1 Å². The predicted octanol–water partition coefficient (Wildman–Crippen LogP) is 1.35. The van der Waals surface area contributed by atoms with E-state index in [-0.39, 0.29) is 12.0 Å². The average molecular weight is 284 g/mol. The van der Waals surface area contributed by atoms with Crippen LogP contribution in [-0.4, -0.2) is 43.9 Å². The van der Waals surface area contributed by atoms with Crippen LogP contribution < -0.4 is 11.1 Å². The van der Waals surface area contributed by atoms with E-state index in [0.717, 1.165) is 58.2 Å². The van der Waals surface area contributed by atoms with E-state index in [1.807, 2.05) is 0 Å². The zero-order valence-electron chi connectivity index (χ0n) is 12.3. The lowest BCUT2D eigenvalue weighted by atomic mass is 9.94. The molecule has 2 aliphatic rings. The number of carbonyl (C=O) groups is 1. The summed E-state index contributed by atoms with van der Waals surface area (Å²) in [4.78, 5) is 11.7. The molecule has 0 aromatic carbocycles. The molecule has 2 rings (SSSR count). The first-order chi connectivity index (χ1) is 9.74. The van der Waals surface area contributed by atoms with Gasteiger partial charge in [0.05, 0.1) is 18.6 Å². The monoisotopic (exact) mass is 284 g/mol. The number of rotatable bonds is 7. The van der Waals surface area contributed by atoms with Crippen LogP contribution in [0.1, 0.15) is 51.4 Å². The van der Waals surface area contributed by atoms with Crippen molar-refractivity contribution in [3.63, 3.8) is 0 Å². The zero-order chi connectivity index (χ0) is 14.2. The fourth-order valence-electron chi connectivity index (χ4n) is 2.89. The van der Waals surface area contributed by atoms with Crippen molar-refractivity contribution in [3.8, 4) is 0 Å². The van der Waals surface area contributed by atoms with Crippen molar-refractivity contribution in [1.29, 1.82) is 0 Å². The molecule has 1 aliphatic heterocycles. The lowest BCUT2D eigenvalue weighted by Gasteiger charge is -2.26. The van der Waals surface area contributed by atoms with Gasteiger partial charge in [-0.05, 0) is 44.9 Å². The minimum absolute atomic E-state index is 0.0977. The van der Waals surface area contributed by atoms with Crippen LogP contribution in [0.15, 0.2) is 0 Å². The maximum absolute atomic E-state index is 11.7. The minimum Gasteiger partial charge on any atom is -0.378 e. The summed E-state index contributed by atoms with van der Waals surface area (Å²) in [5, 5.41) is 2.94. The lowest BCUT2D eigenvalue weighted by Crippen LogP contribution is -2.31. The molecule has 1 unspecified atom stereocenters. The first-order valence-electron chi connectivity index (χ1n) is 7.99. The van der Waals surface area contributed by atoms with Crippen LogP contribution in [0.2, 0.25) is 0 Å². The second kappa shape index (κ2) is 8.60. The Morgan fingerprint density at radius 2 is 2.05 bits per heavy atom. The first-order valence-corrected chi connectivity index (χ1v) is 7.99. The van der Waals surface area contributed by atoms with Gasteiger partial charge in [-0.3, -0.25) is 4.79 Å². The third kappa shape index (κ3) is 5.77. The summed E-state index contributed by atoms with van der Waals surface area (Å²) in [5.41, 5.74) is 5.86. The highest BCUT2D eigenvalue weighted by atomic mass is 16.5. The molecule has 0 bridgehead atoms. The fraction of sp³-hybridized carbons (Fsp3) is 0.933. The number of hydrogen-bond donors (Lipinski definition) is 2. The molecule has 0 aromatic rings. The molecule has 0 aromatic heterocycles. The van der Waals surface area contributed by atoms with Gasteiger partial charge in [-0.2, -0.15) is 0 Å². The van der Waals surface area contributed by atoms with E-state index in [1.165, 1.54) is 0 Å². The highest BCUT2D eigenvalue weighted by Crippen LogP contribution is 2.19. The molecule has 5 heteroatoms. The normalized spacial score (nSPS) is 30.4. The largest absolute Gasteiger partial charge is 0.378 e. The Morgan fingerprint density at radius 3 is 2.75 bits per heavy atom. The molecule has 0 radical (unpaired) electrons. The van der Waals surface area contributed by atoms with Crippen molar-refractivity contribution in [2.45, 2.75) is 69.6 Å². The summed E-state index contributed by atoms with van der Waals surface area (Å²) in [6.07, 6.45) is 8.28. The van der Waals surface area contributed by atoms with Gasteiger partial charge in [0.2, 0.25) is 5.91 Å². The number of nitrogens with two attached hydrogens (primary N) is 1. The molecule has 1 atom stereocenters. The van der Waals surface area contributed by atoms with Crippen LogP contribution >= 0.6 is 0 Å². The number of ether oxygens (including phenoxy) is 2. The summed E-state index contributed by atoms with van der Waals surface area (Å²) in [5.74, 6) is 0.0977. The summed E-state index contributed by atoms with van der Waals surface area (Å²) < 4.78 is 11.3. The number of nitrogens with one attached hydrogen (secondary N) is 1. The van der Waals surface area contributed by atoms with Gasteiger partial charge in [0.1, 0.15) is 0 Å². The first kappa shape index (κ1) is 15.7. The van der Waals surface area contributed by atoms with Crippen molar-refractivity contribution in [2.75, 3.05) is 19.8 Å². The third-order valence-corrected chi connectivity index (χ3v) is 4.15. The summed E-state index contributed by atoms with van der Waals surface area (Å²) in [6, 6.07) is 0.368. The average Bonchev–Trinajstić information content (AvgIpc) is 2.93. The Kier molecular flexibility index (Phi) is 6.76. The Morgan fingerprint density at radius 1 is 1.25 bits per heavy atom. The van der Waals surface area contributed by atoms with Crippen molar-refractivity contribution in [3.05, 3.63) is 0 Å². The molecular formula is C15H28N2O3. The quantitative estimate of drug-likeness (QED) is 0.692. The molecule has 3 N–H and O–H groups in total. The molecule has 1 heterocycles. The van der Waals surface area contributed by atoms with Gasteiger partial charge in [-0.15, -0.1) is 0 Å². The Bertz CT molecular complexity index is 285. The second-order valence-electron chi connectivity index (χ2n) is 5.95. The van der Waals surface area contributed by atoms with Crippen LogP contribution in [0, 0.1) is 0 Å². The topological polar surface area (TPSA) is 73.6 Å². The zero-order valence-corrected chi connectivity index (χ0v) is 12.3. The Hall–Kier alpha value is -0.650. The number of carbonyl (C=O) groups excluding carboxylic acids is 1. The van der Waals surface area contributed by atoms with Crippen LogP contribution in [0.5, 0.6) is 0 Å². The van der Waals surface area contributed by atoms with Crippen LogP contribution in [0.25, 0.3) is 0 Å². The van der Waals surface area contributed by atoms with Crippen LogP contribution in [-0.2, 0) is 14.3 Å². The van der Waals surface area contributed by atoms with Gasteiger partial charge in [0.25, 0.3) is 0 Å². The molecule has 1 amide bonds. The Labute approximate surface area is 121 Å². The lowest BCUT2D eigenvalue weighted by molar-refractivity contribution is -0.123. The van der Waals surface area contributed by atoms with E-state index in [9.17, 15) is 4.79 Å².